The van der Waals surface area contributed by atoms with Gasteiger partial charge in [-0.2, -0.15) is 0 Å². The van der Waals surface area contributed by atoms with Crippen molar-refractivity contribution in [3.8, 4) is 23.7 Å². The molecule has 9 nitrogen and oxygen atoms in total. The summed E-state index contributed by atoms with van der Waals surface area (Å²) in [6.07, 6.45) is 4.42. The SMILES string of the molecule is CNC1(C#CC#Cc2cc3n(c2)C(=O)N(CC[C@](C)(C(=O)NO)S(C)(=O)=O)C3)CC1. The summed E-state index contributed by atoms with van der Waals surface area (Å²) in [7, 11) is -1.94. The summed E-state index contributed by atoms with van der Waals surface area (Å²) >= 11 is 0. The lowest BCUT2D eigenvalue weighted by Gasteiger charge is -2.27. The number of nitrogens with one attached hydrogen (secondary N) is 2. The first-order chi connectivity index (χ1) is 14.0. The van der Waals surface area contributed by atoms with E-state index in [1.165, 1.54) is 21.9 Å². The number of rotatable bonds is 6. The molecule has 0 spiro atoms. The van der Waals surface area contributed by atoms with Crippen LogP contribution in [0.5, 0.6) is 0 Å². The zero-order chi connectivity index (χ0) is 22.2. The largest absolute Gasteiger partial charge is 0.328 e. The third-order valence-electron chi connectivity index (χ3n) is 5.79. The van der Waals surface area contributed by atoms with Crippen LogP contribution in [-0.2, 0) is 21.2 Å². The van der Waals surface area contributed by atoms with E-state index < -0.39 is 20.5 Å². The molecular weight excluding hydrogens is 408 g/mol. The minimum atomic E-state index is -3.82. The van der Waals surface area contributed by atoms with E-state index in [1.807, 2.05) is 7.05 Å². The average molecular weight is 433 g/mol. The maximum atomic E-state index is 12.6. The van der Waals surface area contributed by atoms with E-state index in [4.69, 9.17) is 5.21 Å². The molecule has 0 saturated heterocycles. The number of carbonyl (C=O) groups excluding carboxylic acids is 2. The minimum Gasteiger partial charge on any atom is -0.318 e. The lowest BCUT2D eigenvalue weighted by atomic mass is 10.1. The predicted octanol–water partition coefficient (Wildman–Crippen LogP) is 0.0775. The summed E-state index contributed by atoms with van der Waals surface area (Å²) in [4.78, 5) is 26.0. The van der Waals surface area contributed by atoms with Crippen LogP contribution in [0.1, 0.15) is 37.4 Å². The number of hydroxylamine groups is 1. The van der Waals surface area contributed by atoms with Gasteiger partial charge in [-0.1, -0.05) is 11.8 Å². The first kappa shape index (κ1) is 21.9. The molecule has 30 heavy (non-hydrogen) atoms. The summed E-state index contributed by atoms with van der Waals surface area (Å²) in [5.41, 5.74) is 2.70. The van der Waals surface area contributed by atoms with Gasteiger partial charge in [-0.15, -0.1) is 0 Å². The van der Waals surface area contributed by atoms with Crippen molar-refractivity contribution < 1.29 is 23.2 Å². The topological polar surface area (TPSA) is 121 Å². The minimum absolute atomic E-state index is 0.0378. The molecule has 2 heterocycles. The summed E-state index contributed by atoms with van der Waals surface area (Å²) in [5, 5.41) is 12.1. The van der Waals surface area contributed by atoms with E-state index in [1.54, 1.807) is 12.3 Å². The van der Waals surface area contributed by atoms with Crippen molar-refractivity contribution in [1.29, 1.82) is 0 Å². The quantitative estimate of drug-likeness (QED) is 0.333. The van der Waals surface area contributed by atoms with E-state index in [2.05, 4.69) is 29.0 Å². The first-order valence-corrected chi connectivity index (χ1v) is 11.3. The van der Waals surface area contributed by atoms with Crippen molar-refractivity contribution >= 4 is 21.8 Å². The van der Waals surface area contributed by atoms with Gasteiger partial charge < -0.3 is 10.2 Å². The molecule has 1 aliphatic heterocycles. The standard InChI is InChI=1S/C20H24N4O5S/c1-19(17(25)22-27,30(3,28)29)10-11-23-14-16-12-15(13-24(16)18(23)26)6-4-5-7-20(21-2)8-9-20/h12-13,21,27H,8-11,14H2,1-3H3,(H,22,25)/t19-/m1/s1. The molecule has 3 N–H and O–H groups in total. The predicted molar refractivity (Wildman–Crippen MR) is 109 cm³/mol. The van der Waals surface area contributed by atoms with Crippen LogP contribution in [0.4, 0.5) is 4.79 Å². The molecule has 1 aromatic heterocycles. The fourth-order valence-electron chi connectivity index (χ4n) is 3.22. The van der Waals surface area contributed by atoms with Crippen molar-refractivity contribution in [3.63, 3.8) is 0 Å². The van der Waals surface area contributed by atoms with E-state index in [9.17, 15) is 18.0 Å². The van der Waals surface area contributed by atoms with E-state index >= 15 is 0 Å². The third kappa shape index (κ3) is 4.08. The lowest BCUT2D eigenvalue weighted by molar-refractivity contribution is -0.131. The van der Waals surface area contributed by atoms with Crippen LogP contribution in [0.3, 0.4) is 0 Å². The summed E-state index contributed by atoms with van der Waals surface area (Å²) in [6.45, 7) is 1.54. The summed E-state index contributed by atoms with van der Waals surface area (Å²) in [6, 6.07) is 1.46. The van der Waals surface area contributed by atoms with E-state index in [0.717, 1.165) is 24.8 Å². The van der Waals surface area contributed by atoms with E-state index in [-0.39, 0.29) is 31.1 Å². The third-order valence-corrected chi connectivity index (χ3v) is 7.81. The molecule has 10 heteroatoms. The maximum Gasteiger partial charge on any atom is 0.328 e. The number of sulfone groups is 1. The summed E-state index contributed by atoms with van der Waals surface area (Å²) in [5.74, 6) is 10.6. The second-order valence-electron chi connectivity index (χ2n) is 7.82. The lowest BCUT2D eigenvalue weighted by Crippen LogP contribution is -2.50. The Labute approximate surface area is 175 Å². The van der Waals surface area contributed by atoms with Crippen molar-refractivity contribution in [3.05, 3.63) is 23.5 Å². The molecule has 1 saturated carbocycles. The smallest absolute Gasteiger partial charge is 0.318 e. The Balaban J connectivity index is 1.66. The highest BCUT2D eigenvalue weighted by Gasteiger charge is 2.44. The first-order valence-electron chi connectivity index (χ1n) is 9.42. The zero-order valence-corrected chi connectivity index (χ0v) is 17.9. The second-order valence-corrected chi connectivity index (χ2v) is 10.3. The fraction of sp³-hybridized carbons (Fsp3) is 0.500. The number of carbonyl (C=O) groups is 2. The number of hydrogen-bond acceptors (Lipinski definition) is 6. The molecule has 1 fully saturated rings. The fourth-order valence-corrected chi connectivity index (χ4v) is 4.06. The number of hydrogen-bond donors (Lipinski definition) is 3. The van der Waals surface area contributed by atoms with Gasteiger partial charge in [0.1, 0.15) is 0 Å². The van der Waals surface area contributed by atoms with Crippen molar-refractivity contribution in [2.75, 3.05) is 19.8 Å². The number of fused-ring (bicyclic) bond motifs is 1. The Bertz CT molecular complexity index is 1110. The van der Waals surface area contributed by atoms with Gasteiger partial charge in [-0.05, 0) is 51.1 Å². The highest BCUT2D eigenvalue weighted by atomic mass is 32.2. The Kier molecular flexibility index (Phi) is 5.70. The van der Waals surface area contributed by atoms with E-state index in [0.29, 0.717) is 5.56 Å². The molecule has 160 valence electrons. The molecule has 1 atom stereocenters. The average Bonchev–Trinajstić information content (AvgIpc) is 3.28. The maximum absolute atomic E-state index is 12.6. The normalized spacial score (nSPS) is 18.4. The van der Waals surface area contributed by atoms with Crippen molar-refractivity contribution in [1.82, 2.24) is 20.3 Å². The van der Waals surface area contributed by atoms with Crippen LogP contribution < -0.4 is 10.8 Å². The highest BCUT2D eigenvalue weighted by Crippen LogP contribution is 2.33. The van der Waals surface area contributed by atoms with Gasteiger partial charge in [0.05, 0.1) is 12.1 Å². The van der Waals surface area contributed by atoms with Gasteiger partial charge in [-0.25, -0.2) is 18.7 Å². The molecule has 2 amide bonds. The Morgan fingerprint density at radius 2 is 2.07 bits per heavy atom. The van der Waals surface area contributed by atoms with Gasteiger partial charge in [0.25, 0.3) is 5.91 Å². The molecule has 2 aliphatic rings. The molecule has 0 aromatic carbocycles. The molecule has 0 bridgehead atoms. The van der Waals surface area contributed by atoms with Crippen molar-refractivity contribution in [2.45, 2.75) is 43.0 Å². The Hall–Kier alpha value is -2.79. The highest BCUT2D eigenvalue weighted by molar-refractivity contribution is 7.92. The number of nitrogens with zero attached hydrogens (tertiary/aromatic N) is 2. The molecule has 1 aromatic rings. The van der Waals surface area contributed by atoms with Crippen LogP contribution in [0, 0.1) is 23.7 Å². The van der Waals surface area contributed by atoms with Crippen LogP contribution >= 0.6 is 0 Å². The monoisotopic (exact) mass is 432 g/mol. The molecule has 3 rings (SSSR count). The molecule has 1 aliphatic carbocycles. The van der Waals surface area contributed by atoms with Gasteiger partial charge >= 0.3 is 6.03 Å². The number of amides is 2. The van der Waals surface area contributed by atoms with Crippen LogP contribution in [0.25, 0.3) is 0 Å². The van der Waals surface area contributed by atoms with Crippen LogP contribution in [0.2, 0.25) is 0 Å². The van der Waals surface area contributed by atoms with Crippen LogP contribution in [-0.4, -0.2) is 65.2 Å². The van der Waals surface area contributed by atoms with Gasteiger partial charge in [0.15, 0.2) is 14.6 Å². The number of aromatic nitrogens is 1. The van der Waals surface area contributed by atoms with Crippen LogP contribution in [0.15, 0.2) is 12.3 Å². The van der Waals surface area contributed by atoms with Gasteiger partial charge in [0, 0.05) is 30.3 Å². The summed E-state index contributed by atoms with van der Waals surface area (Å²) < 4.78 is 23.7. The zero-order valence-electron chi connectivity index (χ0n) is 17.1. The van der Waals surface area contributed by atoms with Gasteiger partial charge in [0.2, 0.25) is 0 Å². The molecule has 0 radical (unpaired) electrons. The van der Waals surface area contributed by atoms with Gasteiger partial charge in [-0.3, -0.25) is 14.6 Å². The second kappa shape index (κ2) is 7.80. The molecular formula is C20H24N4O5S. The molecule has 0 unspecified atom stereocenters. The Morgan fingerprint density at radius 1 is 1.37 bits per heavy atom. The van der Waals surface area contributed by atoms with Crippen molar-refractivity contribution in [2.24, 2.45) is 0 Å². The Morgan fingerprint density at radius 3 is 2.60 bits per heavy atom.